The molecule has 7 N–H and O–H groups in total. The fraction of sp³-hybridized carbons (Fsp3) is 0.397. The van der Waals surface area contributed by atoms with E-state index in [1.165, 1.54) is 53.8 Å². The quantitative estimate of drug-likeness (QED) is 0.0229. The highest BCUT2D eigenvalue weighted by Gasteiger charge is 2.59. The first kappa shape index (κ1) is 76.1. The summed E-state index contributed by atoms with van der Waals surface area (Å²) in [4.78, 5) is 88.7. The summed E-state index contributed by atoms with van der Waals surface area (Å²) < 4.78 is 66.1. The highest BCUT2D eigenvalue weighted by Crippen LogP contribution is 2.60. The van der Waals surface area contributed by atoms with E-state index in [1.807, 2.05) is 47.6 Å². The summed E-state index contributed by atoms with van der Waals surface area (Å²) in [6, 6.07) is 11.4. The third kappa shape index (κ3) is 17.6. The zero-order chi connectivity index (χ0) is 75.6. The van der Waals surface area contributed by atoms with Gasteiger partial charge in [-0.25, -0.2) is 54.6 Å². The van der Waals surface area contributed by atoms with E-state index in [2.05, 4.69) is 101 Å². The maximum absolute atomic E-state index is 14.8. The number of nitrogens with one attached hydrogen (secondary N) is 1. The van der Waals surface area contributed by atoms with Gasteiger partial charge in [-0.05, 0) is 114 Å². The molecule has 15 rings (SSSR count). The first-order valence-corrected chi connectivity index (χ1v) is 40.6. The number of carbonyl (C=O) groups is 1. The Morgan fingerprint density at radius 2 is 1.13 bits per heavy atom. The Morgan fingerprint density at radius 3 is 1.68 bits per heavy atom. The number of carbonyl (C=O) groups excluding carboxylic acids is 1. The molecule has 3 aliphatic carbocycles. The van der Waals surface area contributed by atoms with Crippen LogP contribution in [0.4, 0.5) is 23.7 Å². The maximum Gasteiger partial charge on any atom is 0.418 e. The number of amidine groups is 3. The van der Waals surface area contributed by atoms with Crippen molar-refractivity contribution in [3.63, 3.8) is 0 Å². The molecule has 9 atom stereocenters. The summed E-state index contributed by atoms with van der Waals surface area (Å²) in [6.45, 7) is 18.9. The number of terminal acetylenes is 2. The van der Waals surface area contributed by atoms with Gasteiger partial charge >= 0.3 is 6.09 Å². The Bertz CT molecular complexity index is 5120. The molecule has 550 valence electrons. The fourth-order valence-corrected chi connectivity index (χ4v) is 17.7. The smallest absolute Gasteiger partial charge is 0.418 e. The number of nitrogen functional groups attached to an aromatic ring is 1. The monoisotopic (exact) mass is 1530 g/mol. The van der Waals surface area contributed by atoms with Crippen molar-refractivity contribution in [1.82, 2.24) is 64.7 Å². The van der Waals surface area contributed by atoms with Crippen LogP contribution in [0.25, 0.3) is 33.1 Å². The lowest BCUT2D eigenvalue weighted by atomic mass is 9.87. The third-order valence-corrected chi connectivity index (χ3v) is 24.0. The number of rotatable bonds is 16. The highest BCUT2D eigenvalue weighted by molar-refractivity contribution is 8.15. The molecule has 9 aromatic heterocycles. The van der Waals surface area contributed by atoms with Gasteiger partial charge in [0.05, 0.1) is 75.0 Å². The molecule has 0 spiro atoms. The summed E-state index contributed by atoms with van der Waals surface area (Å²) >= 11 is 10.5. The number of anilines is 1. The number of hydrogen-bond acceptors (Lipinski definition) is 26. The second kappa shape index (κ2) is 31.1. The summed E-state index contributed by atoms with van der Waals surface area (Å²) in [5, 5.41) is 2.83. The molecule has 106 heavy (non-hydrogen) atoms. The van der Waals surface area contributed by atoms with E-state index < -0.39 is 54.2 Å². The number of nitrogens with two attached hydrogens (primary N) is 3. The number of aromatic amines is 1. The van der Waals surface area contributed by atoms with Crippen LogP contribution < -0.4 is 32.2 Å². The predicted octanol–water partition coefficient (Wildman–Crippen LogP) is 11.7. The Labute approximate surface area is 628 Å². The minimum absolute atomic E-state index is 0.0380. The van der Waals surface area contributed by atoms with Crippen LogP contribution in [0.15, 0.2) is 112 Å². The highest BCUT2D eigenvalue weighted by atomic mass is 35.5. The van der Waals surface area contributed by atoms with Crippen LogP contribution >= 0.6 is 46.9 Å². The van der Waals surface area contributed by atoms with Crippen molar-refractivity contribution in [3.8, 4) is 36.4 Å². The number of hydrogen-bond donors (Lipinski definition) is 4. The van der Waals surface area contributed by atoms with Crippen molar-refractivity contribution >= 4 is 115 Å². The van der Waals surface area contributed by atoms with Crippen LogP contribution in [0.5, 0.6) is 11.8 Å². The molecule has 3 aliphatic heterocycles. The minimum Gasteiger partial charge on any atom is -0.463 e. The molecule has 1 amide bonds. The van der Waals surface area contributed by atoms with E-state index in [4.69, 9.17) is 65.6 Å². The van der Waals surface area contributed by atoms with E-state index in [-0.39, 0.29) is 48.5 Å². The van der Waals surface area contributed by atoms with Gasteiger partial charge in [0.25, 0.3) is 5.56 Å². The third-order valence-electron chi connectivity index (χ3n) is 18.3. The van der Waals surface area contributed by atoms with Gasteiger partial charge in [0.15, 0.2) is 33.9 Å². The van der Waals surface area contributed by atoms with Gasteiger partial charge in [-0.15, -0.1) is 12.8 Å². The summed E-state index contributed by atoms with van der Waals surface area (Å²) in [7, 11) is -1.27. The SMILES string of the molecule is C#CCOc1cnc2c(Cc3cnc(F)c([C@@]4(C)N=C(N)SC5C[C@H]54)c3)nccc2n1.C#CCOc1cnc2c(Cl)nccc2n1.CC(C)(C)OC(=O)N(COCC[Si](C)(C)C)C1=N[C@](C)(c2cc(N)cnc2F)[C@@H]2C[C@@H]2S1.C[C@]1(c2cc(Cc3nccc4[nH]c(=O)cnc34)cnc2F)N=C(N)SC2C[C@H]21. The summed E-state index contributed by atoms with van der Waals surface area (Å²) in [5.74, 6) is 4.54. The Kier molecular flexibility index (Phi) is 22.3. The van der Waals surface area contributed by atoms with Crippen LogP contribution in [0, 0.1) is 60.3 Å². The molecule has 0 aromatic carbocycles. The number of ether oxygens (including phenoxy) is 4. The maximum atomic E-state index is 14.8. The van der Waals surface area contributed by atoms with E-state index in [1.54, 1.807) is 72.4 Å². The van der Waals surface area contributed by atoms with Crippen molar-refractivity contribution in [2.24, 2.45) is 44.2 Å². The zero-order valence-electron chi connectivity index (χ0n) is 59.5. The molecular formula is C73H77ClF3N19O6S3Si. The Balaban J connectivity index is 0.000000136. The lowest BCUT2D eigenvalue weighted by molar-refractivity contribution is 0.0110. The molecule has 0 saturated heterocycles. The van der Waals surface area contributed by atoms with E-state index in [0.29, 0.717) is 129 Å². The van der Waals surface area contributed by atoms with Crippen LogP contribution in [-0.4, -0.2) is 142 Å². The number of aromatic nitrogens is 12. The van der Waals surface area contributed by atoms with Gasteiger partial charge in [0.1, 0.15) is 28.9 Å². The van der Waals surface area contributed by atoms with Crippen LogP contribution in [0.3, 0.4) is 0 Å². The molecule has 6 aliphatic rings. The normalized spacial score (nSPS) is 22.9. The molecule has 2 unspecified atom stereocenters. The molecule has 33 heteroatoms. The first-order valence-electron chi connectivity index (χ1n) is 33.9. The van der Waals surface area contributed by atoms with Crippen molar-refractivity contribution < 1.29 is 36.9 Å². The van der Waals surface area contributed by atoms with Gasteiger partial charge in [-0.3, -0.25) is 29.7 Å². The van der Waals surface area contributed by atoms with E-state index in [0.717, 1.165) is 36.4 Å². The molecule has 0 radical (unpaired) electrons. The number of pyridine rings is 6. The molecule has 25 nitrogen and oxygen atoms in total. The first-order chi connectivity index (χ1) is 50.4. The Morgan fingerprint density at radius 1 is 0.651 bits per heavy atom. The van der Waals surface area contributed by atoms with Gasteiger partial charge in [0, 0.05) is 109 Å². The average Bonchev–Trinajstić information content (AvgIpc) is 1.58. The van der Waals surface area contributed by atoms with Gasteiger partial charge in [0.2, 0.25) is 29.6 Å². The lowest BCUT2D eigenvalue weighted by Gasteiger charge is -2.34. The van der Waals surface area contributed by atoms with Crippen LogP contribution in [0.1, 0.15) is 100 Å². The van der Waals surface area contributed by atoms with E-state index >= 15 is 0 Å². The second-order valence-electron chi connectivity index (χ2n) is 28.7. The molecule has 0 bridgehead atoms. The number of H-pyrrole nitrogens is 1. The number of nitrogens with zero attached hydrogens (tertiary/aromatic N) is 15. The molecular weight excluding hydrogens is 1460 g/mol. The molecule has 9 aromatic rings. The van der Waals surface area contributed by atoms with Crippen LogP contribution in [0.2, 0.25) is 30.8 Å². The van der Waals surface area contributed by atoms with Crippen LogP contribution in [-0.2, 0) is 38.9 Å². The van der Waals surface area contributed by atoms with Crippen molar-refractivity contribution in [1.29, 1.82) is 0 Å². The fourth-order valence-electron chi connectivity index (χ4n) is 12.7. The van der Waals surface area contributed by atoms with Gasteiger partial charge < -0.3 is 41.1 Å². The largest absolute Gasteiger partial charge is 0.463 e. The topological polar surface area (TPSA) is 347 Å². The lowest BCUT2D eigenvalue weighted by Crippen LogP contribution is -2.44. The van der Waals surface area contributed by atoms with Crippen molar-refractivity contribution in [3.05, 3.63) is 165 Å². The standard InChI is InChI=1S/C22H19FN6OS.C22H35FN4O3SSi.C19H17FN6OS.C10H6ClN3O/c1-3-6-30-18-11-26-19-15(28-18)4-5-25-16(19)8-12-7-14(20(23)27-10-12)22(2)13-9-17(13)31-21(24)29-22;1-21(2,3)30-20(28)27(13-29-8-9-32(5,6)7)19-26-22(4,15-11-17(15)31-19)16-10-14(24)12-25-18(16)23;1-19(10-6-14(10)28-18(21)26-19)11-4-9(7-24-17(11)20)5-13-16-12(2-3-22-13)25-15(27)8-23-16;1-2-5-15-8-6-13-9-7(14-8)3-4-12-10(9)11/h1,4-5,7,10-11,13,17H,6,8-9H2,2H3,(H2,24,29);10,12,15,17H,8-9,11,13,24H2,1-7H3;2-4,7-8,10,14H,5-6H2,1H3,(H2,21,26)(H,25,27);1,3-4,6H,5H2/t13-,17?,22+;15-,17+,22+;10-,14?,19+;/m111./s1. The second-order valence-corrected chi connectivity index (χ2v) is 38.4. The van der Waals surface area contributed by atoms with Gasteiger partial charge in [-0.1, -0.05) is 78.4 Å². The molecule has 3 fully saturated rings. The molecule has 12 heterocycles. The number of fused-ring (bicyclic) bond motifs is 6. The minimum atomic E-state index is -1.27. The van der Waals surface area contributed by atoms with Gasteiger partial charge in [-0.2, -0.15) is 13.2 Å². The number of amides is 1. The average molecular weight is 1530 g/mol. The summed E-state index contributed by atoms with van der Waals surface area (Å²) in [5.41, 5.74) is 23.0. The van der Waals surface area contributed by atoms with E-state index in [9.17, 15) is 22.8 Å². The predicted molar refractivity (Wildman–Crippen MR) is 409 cm³/mol. The zero-order valence-corrected chi connectivity index (χ0v) is 63.7. The number of thioether (sulfide) groups is 3. The number of halogens is 4. The molecule has 3 saturated carbocycles. The Hall–Kier alpha value is -9.57. The van der Waals surface area contributed by atoms with Crippen molar-refractivity contribution in [2.75, 3.05) is 32.3 Å². The summed E-state index contributed by atoms with van der Waals surface area (Å²) in [6.07, 6.45) is 26.8. The van der Waals surface area contributed by atoms with Crippen molar-refractivity contribution in [2.45, 2.75) is 137 Å². The number of aliphatic imine (C=N–C) groups is 3.